The lowest BCUT2D eigenvalue weighted by Gasteiger charge is -2.11. The van der Waals surface area contributed by atoms with E-state index < -0.39 is 6.03 Å². The van der Waals surface area contributed by atoms with Gasteiger partial charge in [0.1, 0.15) is 11.5 Å². The second-order valence-corrected chi connectivity index (χ2v) is 3.06. The summed E-state index contributed by atoms with van der Waals surface area (Å²) in [6.45, 7) is 2.16. The van der Waals surface area contributed by atoms with E-state index >= 15 is 0 Å². The molecule has 0 atom stereocenters. The zero-order chi connectivity index (χ0) is 12.7. The third-order valence-electron chi connectivity index (χ3n) is 1.96. The molecule has 94 valence electrons. The zero-order valence-electron chi connectivity index (χ0n) is 10.1. The molecule has 0 unspecified atom stereocenters. The molecule has 0 bridgehead atoms. The maximum absolute atomic E-state index is 11.4. The van der Waals surface area contributed by atoms with Gasteiger partial charge in [0.15, 0.2) is 0 Å². The van der Waals surface area contributed by atoms with Gasteiger partial charge in [0.2, 0.25) is 0 Å². The van der Waals surface area contributed by atoms with Crippen molar-refractivity contribution in [3.05, 3.63) is 18.2 Å². The molecule has 2 amide bonds. The first-order valence-corrected chi connectivity index (χ1v) is 5.12. The number of nitrogens with one attached hydrogen (secondary N) is 2. The van der Waals surface area contributed by atoms with E-state index in [1.165, 1.54) is 7.11 Å². The minimum Gasteiger partial charge on any atom is -0.497 e. The van der Waals surface area contributed by atoms with Crippen molar-refractivity contribution >= 4 is 11.7 Å². The number of methoxy groups -OCH3 is 2. The normalized spacial score (nSPS) is 9.59. The number of anilines is 1. The van der Waals surface area contributed by atoms with Crippen molar-refractivity contribution in [1.82, 2.24) is 5.48 Å². The van der Waals surface area contributed by atoms with Gasteiger partial charge in [-0.05, 0) is 19.1 Å². The standard InChI is InChI=1S/C11H16N2O4/c1-4-17-13-11(14)12-9-7-8(15-2)5-6-10(9)16-3/h5-7H,4H2,1-3H3,(H2,12,13,14). The van der Waals surface area contributed by atoms with E-state index in [2.05, 4.69) is 10.8 Å². The molecule has 1 aromatic rings. The molecule has 6 nitrogen and oxygen atoms in total. The number of hydroxylamine groups is 1. The fraction of sp³-hybridized carbons (Fsp3) is 0.364. The first-order valence-electron chi connectivity index (χ1n) is 5.12. The van der Waals surface area contributed by atoms with E-state index in [9.17, 15) is 4.79 Å². The molecular weight excluding hydrogens is 224 g/mol. The fourth-order valence-corrected chi connectivity index (χ4v) is 1.20. The van der Waals surface area contributed by atoms with Crippen molar-refractivity contribution in [2.45, 2.75) is 6.92 Å². The van der Waals surface area contributed by atoms with Crippen LogP contribution in [0.1, 0.15) is 6.92 Å². The molecule has 1 aromatic carbocycles. The Morgan fingerprint density at radius 3 is 2.65 bits per heavy atom. The Morgan fingerprint density at radius 1 is 1.29 bits per heavy atom. The number of hydrogen-bond donors (Lipinski definition) is 2. The monoisotopic (exact) mass is 240 g/mol. The maximum Gasteiger partial charge on any atom is 0.343 e. The van der Waals surface area contributed by atoms with Gasteiger partial charge < -0.3 is 14.8 Å². The van der Waals surface area contributed by atoms with Crippen LogP contribution in [0.3, 0.4) is 0 Å². The van der Waals surface area contributed by atoms with Crippen LogP contribution in [0.5, 0.6) is 11.5 Å². The molecule has 0 spiro atoms. The summed E-state index contributed by atoms with van der Waals surface area (Å²) < 4.78 is 10.2. The summed E-state index contributed by atoms with van der Waals surface area (Å²) in [5.41, 5.74) is 2.73. The molecule has 2 N–H and O–H groups in total. The molecule has 0 aliphatic rings. The highest BCUT2D eigenvalue weighted by Crippen LogP contribution is 2.28. The summed E-state index contributed by atoms with van der Waals surface area (Å²) in [6.07, 6.45) is 0. The van der Waals surface area contributed by atoms with Crippen LogP contribution in [0.4, 0.5) is 10.5 Å². The lowest BCUT2D eigenvalue weighted by molar-refractivity contribution is 0.0758. The molecule has 0 radical (unpaired) electrons. The molecule has 0 fully saturated rings. The lowest BCUT2D eigenvalue weighted by atomic mass is 10.2. The van der Waals surface area contributed by atoms with Gasteiger partial charge in [0, 0.05) is 6.07 Å². The van der Waals surface area contributed by atoms with Crippen molar-refractivity contribution < 1.29 is 19.1 Å². The zero-order valence-corrected chi connectivity index (χ0v) is 10.1. The van der Waals surface area contributed by atoms with Crippen molar-refractivity contribution in [1.29, 1.82) is 0 Å². The topological polar surface area (TPSA) is 68.8 Å². The van der Waals surface area contributed by atoms with Gasteiger partial charge in [0.25, 0.3) is 0 Å². The number of carbonyl (C=O) groups is 1. The largest absolute Gasteiger partial charge is 0.497 e. The first kappa shape index (κ1) is 13.1. The summed E-state index contributed by atoms with van der Waals surface area (Å²) in [6, 6.07) is 4.63. The minimum absolute atomic E-state index is 0.392. The van der Waals surface area contributed by atoms with Gasteiger partial charge in [-0.3, -0.25) is 4.84 Å². The molecule has 0 heterocycles. The summed E-state index contributed by atoms with van der Waals surface area (Å²) in [4.78, 5) is 16.2. The van der Waals surface area contributed by atoms with E-state index in [0.717, 1.165) is 0 Å². The molecule has 1 rings (SSSR count). The Kier molecular flexibility index (Phi) is 5.09. The fourth-order valence-electron chi connectivity index (χ4n) is 1.20. The Labute approximate surface area is 99.8 Å². The van der Waals surface area contributed by atoms with Crippen LogP contribution in [0.2, 0.25) is 0 Å². The molecule has 0 saturated carbocycles. The number of urea groups is 1. The van der Waals surface area contributed by atoms with Crippen molar-refractivity contribution in [3.8, 4) is 11.5 Å². The second kappa shape index (κ2) is 6.59. The number of benzene rings is 1. The number of rotatable bonds is 5. The van der Waals surface area contributed by atoms with Gasteiger partial charge in [-0.1, -0.05) is 0 Å². The van der Waals surface area contributed by atoms with Gasteiger partial charge in [-0.25, -0.2) is 10.3 Å². The average Bonchev–Trinajstić information content (AvgIpc) is 2.36. The summed E-state index contributed by atoms with van der Waals surface area (Å²) in [7, 11) is 3.07. The molecular formula is C11H16N2O4. The molecule has 0 aliphatic carbocycles. The van der Waals surface area contributed by atoms with Crippen LogP contribution in [0, 0.1) is 0 Å². The van der Waals surface area contributed by atoms with Crippen molar-refractivity contribution in [2.24, 2.45) is 0 Å². The summed E-state index contributed by atoms with van der Waals surface area (Å²) in [5, 5.41) is 2.59. The Morgan fingerprint density at radius 2 is 2.06 bits per heavy atom. The number of carbonyl (C=O) groups excluding carboxylic acids is 1. The van der Waals surface area contributed by atoms with Crippen LogP contribution in [-0.2, 0) is 4.84 Å². The van der Waals surface area contributed by atoms with Gasteiger partial charge >= 0.3 is 6.03 Å². The predicted molar refractivity (Wildman–Crippen MR) is 63.3 cm³/mol. The van der Waals surface area contributed by atoms with Crippen LogP contribution in [-0.4, -0.2) is 26.9 Å². The number of amides is 2. The van der Waals surface area contributed by atoms with E-state index in [-0.39, 0.29) is 0 Å². The molecule has 0 saturated heterocycles. The molecule has 0 aromatic heterocycles. The lowest BCUT2D eigenvalue weighted by Crippen LogP contribution is -2.28. The SMILES string of the molecule is CCONC(=O)Nc1cc(OC)ccc1OC. The van der Waals surface area contributed by atoms with Crippen molar-refractivity contribution in [3.63, 3.8) is 0 Å². The maximum atomic E-state index is 11.4. The highest BCUT2D eigenvalue weighted by Gasteiger charge is 2.08. The third kappa shape index (κ3) is 3.84. The van der Waals surface area contributed by atoms with Crippen molar-refractivity contribution in [2.75, 3.05) is 26.1 Å². The van der Waals surface area contributed by atoms with Gasteiger partial charge in [0.05, 0.1) is 26.5 Å². The smallest absolute Gasteiger partial charge is 0.343 e. The molecule has 0 aliphatic heterocycles. The highest BCUT2D eigenvalue weighted by atomic mass is 16.7. The Bertz CT molecular complexity index is 382. The quantitative estimate of drug-likeness (QED) is 0.770. The van der Waals surface area contributed by atoms with Crippen LogP contribution >= 0.6 is 0 Å². The Balaban J connectivity index is 2.76. The molecule has 6 heteroatoms. The minimum atomic E-state index is -0.474. The number of hydrogen-bond acceptors (Lipinski definition) is 4. The first-order chi connectivity index (χ1) is 8.21. The van der Waals surface area contributed by atoms with E-state index in [1.807, 2.05) is 0 Å². The van der Waals surface area contributed by atoms with Crippen LogP contribution in [0.25, 0.3) is 0 Å². The second-order valence-electron chi connectivity index (χ2n) is 3.06. The highest BCUT2D eigenvalue weighted by molar-refractivity contribution is 5.90. The Hall–Kier alpha value is -1.95. The predicted octanol–water partition coefficient (Wildman–Crippen LogP) is 1.78. The van der Waals surface area contributed by atoms with Crippen LogP contribution in [0.15, 0.2) is 18.2 Å². The molecule has 17 heavy (non-hydrogen) atoms. The summed E-state index contributed by atoms with van der Waals surface area (Å²) in [5.74, 6) is 1.16. The summed E-state index contributed by atoms with van der Waals surface area (Å²) >= 11 is 0. The van der Waals surface area contributed by atoms with Gasteiger partial charge in [-0.2, -0.15) is 0 Å². The van der Waals surface area contributed by atoms with Gasteiger partial charge in [-0.15, -0.1) is 0 Å². The van der Waals surface area contributed by atoms with Crippen LogP contribution < -0.4 is 20.3 Å². The van der Waals surface area contributed by atoms with E-state index in [0.29, 0.717) is 23.8 Å². The van der Waals surface area contributed by atoms with E-state index in [1.54, 1.807) is 32.2 Å². The average molecular weight is 240 g/mol. The third-order valence-corrected chi connectivity index (χ3v) is 1.96. The number of ether oxygens (including phenoxy) is 2. The van der Waals surface area contributed by atoms with E-state index in [4.69, 9.17) is 14.3 Å².